The summed E-state index contributed by atoms with van der Waals surface area (Å²) in [7, 11) is 1.49. The molecule has 0 bridgehead atoms. The van der Waals surface area contributed by atoms with Gasteiger partial charge in [-0.25, -0.2) is 0 Å². The van der Waals surface area contributed by atoms with Crippen molar-refractivity contribution in [3.8, 4) is 5.75 Å². The molecule has 0 aromatic heterocycles. The first-order valence-electron chi connectivity index (χ1n) is 8.92. The number of rotatable bonds is 7. The fourth-order valence-electron chi connectivity index (χ4n) is 2.88. The van der Waals surface area contributed by atoms with Gasteiger partial charge in [-0.15, -0.1) is 0 Å². The third kappa shape index (κ3) is 5.47. The fraction of sp³-hybridized carbons (Fsp3) is 0.526. The van der Waals surface area contributed by atoms with Crippen molar-refractivity contribution in [3.05, 3.63) is 29.8 Å². The molecular formula is C19H26N2O5. The van der Waals surface area contributed by atoms with Crippen LogP contribution in [-0.2, 0) is 14.3 Å². The zero-order chi connectivity index (χ0) is 18.9. The van der Waals surface area contributed by atoms with Gasteiger partial charge in [0, 0.05) is 19.6 Å². The number of para-hydroxylation sites is 1. The van der Waals surface area contributed by atoms with Crippen LogP contribution in [0.25, 0.3) is 0 Å². The highest BCUT2D eigenvalue weighted by Crippen LogP contribution is 2.16. The van der Waals surface area contributed by atoms with Gasteiger partial charge in [0.1, 0.15) is 5.75 Å². The molecule has 0 spiro atoms. The Morgan fingerprint density at radius 2 is 1.85 bits per heavy atom. The Kier molecular flexibility index (Phi) is 7.44. The van der Waals surface area contributed by atoms with Gasteiger partial charge in [0.05, 0.1) is 19.1 Å². The summed E-state index contributed by atoms with van der Waals surface area (Å²) in [6.07, 6.45) is 2.30. The molecule has 1 aliphatic rings. The van der Waals surface area contributed by atoms with E-state index in [-0.39, 0.29) is 24.8 Å². The first-order chi connectivity index (χ1) is 12.5. The average Bonchev–Trinajstić information content (AvgIpc) is 2.67. The number of hydrogen-bond acceptors (Lipinski definition) is 5. The minimum absolute atomic E-state index is 0.00148. The minimum atomic E-state index is -0.800. The van der Waals surface area contributed by atoms with Crippen molar-refractivity contribution in [1.29, 1.82) is 0 Å². The molecule has 1 aromatic carbocycles. The number of methoxy groups -OCH3 is 1. The number of nitrogens with one attached hydrogen (secondary N) is 1. The lowest BCUT2D eigenvalue weighted by atomic mass is 10.1. The van der Waals surface area contributed by atoms with E-state index in [1.54, 1.807) is 36.1 Å². The number of nitrogens with zero attached hydrogens (tertiary/aromatic N) is 1. The maximum absolute atomic E-state index is 12.2. The standard InChI is InChI=1S/C19H26N2O5/c1-14(19(24)21-12-6-3-7-13-21)26-17(22)10-11-20-18(23)15-8-4-5-9-16(15)25-2/h4-5,8-9,14H,3,6-7,10-13H2,1-2H3,(H,20,23). The topological polar surface area (TPSA) is 84.9 Å². The highest BCUT2D eigenvalue weighted by molar-refractivity contribution is 5.97. The van der Waals surface area contributed by atoms with Gasteiger partial charge in [-0.3, -0.25) is 14.4 Å². The Labute approximate surface area is 153 Å². The smallest absolute Gasteiger partial charge is 0.308 e. The molecule has 1 heterocycles. The molecule has 26 heavy (non-hydrogen) atoms. The van der Waals surface area contributed by atoms with Gasteiger partial charge in [0.25, 0.3) is 11.8 Å². The van der Waals surface area contributed by atoms with E-state index in [0.717, 1.165) is 32.4 Å². The molecule has 1 saturated heterocycles. The van der Waals surface area contributed by atoms with Crippen LogP contribution < -0.4 is 10.1 Å². The van der Waals surface area contributed by atoms with E-state index in [2.05, 4.69) is 5.32 Å². The van der Waals surface area contributed by atoms with Crippen LogP contribution in [0.4, 0.5) is 0 Å². The normalized spacial score (nSPS) is 15.1. The van der Waals surface area contributed by atoms with Crippen LogP contribution in [0.2, 0.25) is 0 Å². The molecule has 0 aliphatic carbocycles. The highest BCUT2D eigenvalue weighted by Gasteiger charge is 2.24. The fourth-order valence-corrected chi connectivity index (χ4v) is 2.88. The molecule has 1 atom stereocenters. The lowest BCUT2D eigenvalue weighted by molar-refractivity contribution is -0.159. The summed E-state index contributed by atoms with van der Waals surface area (Å²) in [6.45, 7) is 3.15. The Morgan fingerprint density at radius 3 is 2.54 bits per heavy atom. The lowest BCUT2D eigenvalue weighted by Crippen LogP contribution is -2.42. The predicted molar refractivity (Wildman–Crippen MR) is 95.9 cm³/mol. The number of amides is 2. The van der Waals surface area contributed by atoms with Crippen LogP contribution in [0, 0.1) is 0 Å². The van der Waals surface area contributed by atoms with Crippen molar-refractivity contribution in [3.63, 3.8) is 0 Å². The summed E-state index contributed by atoms with van der Waals surface area (Å²) >= 11 is 0. The largest absolute Gasteiger partial charge is 0.496 e. The van der Waals surface area contributed by atoms with Crippen LogP contribution >= 0.6 is 0 Å². The summed E-state index contributed by atoms with van der Waals surface area (Å²) in [5.41, 5.74) is 0.400. The molecule has 0 radical (unpaired) electrons. The summed E-state index contributed by atoms with van der Waals surface area (Å²) in [5.74, 6) is -0.527. The molecule has 2 amide bonds. The van der Waals surface area contributed by atoms with Crippen molar-refractivity contribution in [2.24, 2.45) is 0 Å². The van der Waals surface area contributed by atoms with Crippen molar-refractivity contribution in [2.75, 3.05) is 26.7 Å². The van der Waals surface area contributed by atoms with Crippen molar-refractivity contribution >= 4 is 17.8 Å². The number of hydrogen-bond donors (Lipinski definition) is 1. The number of esters is 1. The Bertz CT molecular complexity index is 641. The Balaban J connectivity index is 1.74. The Hall–Kier alpha value is -2.57. The lowest BCUT2D eigenvalue weighted by Gasteiger charge is -2.28. The molecule has 1 aromatic rings. The predicted octanol–water partition coefficient (Wildman–Crippen LogP) is 1.76. The van der Waals surface area contributed by atoms with E-state index >= 15 is 0 Å². The van der Waals surface area contributed by atoms with Crippen LogP contribution in [0.5, 0.6) is 5.75 Å². The van der Waals surface area contributed by atoms with E-state index in [9.17, 15) is 14.4 Å². The maximum atomic E-state index is 12.2. The van der Waals surface area contributed by atoms with E-state index in [1.165, 1.54) is 7.11 Å². The SMILES string of the molecule is COc1ccccc1C(=O)NCCC(=O)OC(C)C(=O)N1CCCCC1. The van der Waals surface area contributed by atoms with Gasteiger partial charge in [-0.1, -0.05) is 12.1 Å². The first kappa shape index (κ1) is 19.8. The van der Waals surface area contributed by atoms with Gasteiger partial charge >= 0.3 is 5.97 Å². The van der Waals surface area contributed by atoms with E-state index in [1.807, 2.05) is 0 Å². The second kappa shape index (κ2) is 9.79. The molecule has 1 aliphatic heterocycles. The van der Waals surface area contributed by atoms with Crippen LogP contribution in [0.3, 0.4) is 0 Å². The summed E-state index contributed by atoms with van der Waals surface area (Å²) < 4.78 is 10.3. The zero-order valence-corrected chi connectivity index (χ0v) is 15.3. The van der Waals surface area contributed by atoms with Crippen LogP contribution in [0.1, 0.15) is 43.0 Å². The highest BCUT2D eigenvalue weighted by atomic mass is 16.5. The first-order valence-corrected chi connectivity index (χ1v) is 8.92. The molecule has 7 heteroatoms. The number of carbonyl (C=O) groups is 3. The van der Waals surface area contributed by atoms with E-state index in [4.69, 9.17) is 9.47 Å². The van der Waals surface area contributed by atoms with Crippen molar-refractivity contribution in [2.45, 2.75) is 38.7 Å². The van der Waals surface area contributed by atoms with E-state index < -0.39 is 12.1 Å². The molecule has 1 fully saturated rings. The summed E-state index contributed by atoms with van der Waals surface area (Å²) in [6, 6.07) is 6.84. The number of benzene rings is 1. The third-order valence-electron chi connectivity index (χ3n) is 4.29. The molecule has 0 saturated carbocycles. The van der Waals surface area contributed by atoms with E-state index in [0.29, 0.717) is 11.3 Å². The van der Waals surface area contributed by atoms with Crippen LogP contribution in [-0.4, -0.2) is 55.5 Å². The van der Waals surface area contributed by atoms with Gasteiger partial charge in [-0.05, 0) is 38.3 Å². The quantitative estimate of drug-likeness (QED) is 0.747. The monoisotopic (exact) mass is 362 g/mol. The number of carbonyl (C=O) groups excluding carboxylic acids is 3. The number of piperidine rings is 1. The maximum Gasteiger partial charge on any atom is 0.308 e. The average molecular weight is 362 g/mol. The second-order valence-corrected chi connectivity index (χ2v) is 6.22. The number of likely N-dealkylation sites (tertiary alicyclic amines) is 1. The Morgan fingerprint density at radius 1 is 1.15 bits per heavy atom. The van der Waals surface area contributed by atoms with Gasteiger partial charge in [0.2, 0.25) is 0 Å². The molecule has 2 rings (SSSR count). The van der Waals surface area contributed by atoms with Gasteiger partial charge in [-0.2, -0.15) is 0 Å². The minimum Gasteiger partial charge on any atom is -0.496 e. The summed E-state index contributed by atoms with van der Waals surface area (Å²) in [5, 5.41) is 2.66. The molecular weight excluding hydrogens is 336 g/mol. The molecule has 142 valence electrons. The zero-order valence-electron chi connectivity index (χ0n) is 15.3. The van der Waals surface area contributed by atoms with Gasteiger partial charge in [0.15, 0.2) is 6.10 Å². The van der Waals surface area contributed by atoms with Crippen LogP contribution in [0.15, 0.2) is 24.3 Å². The number of ether oxygens (including phenoxy) is 2. The molecule has 7 nitrogen and oxygen atoms in total. The van der Waals surface area contributed by atoms with Crippen molar-refractivity contribution < 1.29 is 23.9 Å². The summed E-state index contributed by atoms with van der Waals surface area (Å²) in [4.78, 5) is 38.0. The van der Waals surface area contributed by atoms with Crippen molar-refractivity contribution in [1.82, 2.24) is 10.2 Å². The molecule has 1 unspecified atom stereocenters. The third-order valence-corrected chi connectivity index (χ3v) is 4.29. The van der Waals surface area contributed by atoms with Gasteiger partial charge < -0.3 is 19.7 Å². The second-order valence-electron chi connectivity index (χ2n) is 6.22. The molecule has 1 N–H and O–H groups in total.